The highest BCUT2D eigenvalue weighted by Gasteiger charge is 2.42. The first-order valence-electron chi connectivity index (χ1n) is 21.6. The molecule has 0 spiro atoms. The molecule has 6 aliphatic heterocycles. The summed E-state index contributed by atoms with van der Waals surface area (Å²) in [6, 6.07) is 12.1. The minimum Gasteiger partial charge on any atom is -0.371 e. The molecule has 1 aromatic heterocycles. The molecule has 3 fully saturated rings. The number of amides is 4. The zero-order chi connectivity index (χ0) is 42.3. The first kappa shape index (κ1) is 39.8. The van der Waals surface area contributed by atoms with Gasteiger partial charge in [0.2, 0.25) is 17.7 Å². The number of halogens is 4. The van der Waals surface area contributed by atoms with Crippen LogP contribution in [0.5, 0.6) is 0 Å². The van der Waals surface area contributed by atoms with Crippen LogP contribution in [-0.2, 0) is 40.4 Å². The number of nitrogens with one attached hydrogen (secondary N) is 2. The number of benzene rings is 3. The molecule has 6 aliphatic rings. The zero-order valence-electron chi connectivity index (χ0n) is 34.1. The van der Waals surface area contributed by atoms with E-state index in [9.17, 15) is 28.0 Å². The molecule has 15 heteroatoms. The summed E-state index contributed by atoms with van der Waals surface area (Å²) in [7, 11) is 0. The van der Waals surface area contributed by atoms with Crippen molar-refractivity contribution in [3.8, 4) is 0 Å². The number of piperidine rings is 2. The molecule has 61 heavy (non-hydrogen) atoms. The highest BCUT2D eigenvalue weighted by atomic mass is 19.3. The molecular formula is C46H49F4N7O4. The Morgan fingerprint density at radius 1 is 0.885 bits per heavy atom. The lowest BCUT2D eigenvalue weighted by Crippen LogP contribution is -2.52. The predicted molar refractivity (Wildman–Crippen MR) is 219 cm³/mol. The van der Waals surface area contributed by atoms with Gasteiger partial charge in [-0.1, -0.05) is 24.3 Å². The third-order valence-electron chi connectivity index (χ3n) is 14.2. The zero-order valence-corrected chi connectivity index (χ0v) is 34.1. The number of imide groups is 1. The average molecular weight is 840 g/mol. The number of likely N-dealkylation sites (tertiary alicyclic amines) is 1. The highest BCUT2D eigenvalue weighted by Crippen LogP contribution is 2.44. The van der Waals surface area contributed by atoms with Gasteiger partial charge in [0.25, 0.3) is 12.3 Å². The molecule has 320 valence electrons. The Morgan fingerprint density at radius 3 is 2.36 bits per heavy atom. The molecule has 0 saturated carbocycles. The van der Waals surface area contributed by atoms with Gasteiger partial charge in [-0.25, -0.2) is 17.6 Å². The van der Waals surface area contributed by atoms with E-state index in [1.54, 1.807) is 4.90 Å². The molecule has 7 heterocycles. The molecule has 2 N–H and O–H groups in total. The molecule has 3 saturated heterocycles. The summed E-state index contributed by atoms with van der Waals surface area (Å²) in [4.78, 5) is 63.9. The maximum absolute atomic E-state index is 16.3. The molecule has 4 aromatic rings. The number of carbonyl (C=O) groups is 4. The van der Waals surface area contributed by atoms with Crippen molar-refractivity contribution in [1.29, 1.82) is 0 Å². The van der Waals surface area contributed by atoms with E-state index in [4.69, 9.17) is 0 Å². The summed E-state index contributed by atoms with van der Waals surface area (Å²) in [5, 5.41) is 3.28. The number of hydrogen-bond donors (Lipinski definition) is 2. The lowest BCUT2D eigenvalue weighted by Gasteiger charge is -2.41. The summed E-state index contributed by atoms with van der Waals surface area (Å²) >= 11 is 0. The summed E-state index contributed by atoms with van der Waals surface area (Å²) in [5.74, 6) is -2.18. The Hall–Kier alpha value is -5.28. The smallest absolute Gasteiger partial charge is 0.255 e. The van der Waals surface area contributed by atoms with Crippen molar-refractivity contribution < 1.29 is 36.7 Å². The number of anilines is 1. The largest absolute Gasteiger partial charge is 0.371 e. The van der Waals surface area contributed by atoms with Crippen LogP contribution in [0, 0.1) is 23.5 Å². The van der Waals surface area contributed by atoms with Crippen molar-refractivity contribution in [2.24, 2.45) is 11.8 Å². The second-order valence-corrected chi connectivity index (χ2v) is 18.0. The number of nitrogens with zero attached hydrogens (tertiary/aromatic N) is 5. The van der Waals surface area contributed by atoms with E-state index < -0.39 is 42.6 Å². The fourth-order valence-corrected chi connectivity index (χ4v) is 11.1. The van der Waals surface area contributed by atoms with Gasteiger partial charge in [-0.05, 0) is 105 Å². The lowest BCUT2D eigenvalue weighted by molar-refractivity contribution is -0.138. The maximum atomic E-state index is 16.3. The van der Waals surface area contributed by atoms with Crippen LogP contribution in [0.3, 0.4) is 0 Å². The van der Waals surface area contributed by atoms with Crippen molar-refractivity contribution in [3.63, 3.8) is 0 Å². The summed E-state index contributed by atoms with van der Waals surface area (Å²) in [6.45, 7) is 6.08. The Kier molecular flexibility index (Phi) is 10.2. The second-order valence-electron chi connectivity index (χ2n) is 18.0. The molecule has 0 bridgehead atoms. The Labute approximate surface area is 351 Å². The molecule has 4 atom stereocenters. The van der Waals surface area contributed by atoms with Crippen LogP contribution in [0.4, 0.5) is 23.2 Å². The van der Waals surface area contributed by atoms with Gasteiger partial charge in [0.15, 0.2) is 0 Å². The number of H-pyrrole nitrogens is 1. The van der Waals surface area contributed by atoms with E-state index in [0.29, 0.717) is 62.5 Å². The van der Waals surface area contributed by atoms with E-state index in [-0.39, 0.29) is 47.6 Å². The molecule has 0 radical (unpaired) electrons. The average Bonchev–Trinajstić information content (AvgIpc) is 4.02. The molecule has 0 aliphatic carbocycles. The number of aromatic amines is 1. The highest BCUT2D eigenvalue weighted by molar-refractivity contribution is 6.05. The molecule has 2 unspecified atom stereocenters. The van der Waals surface area contributed by atoms with Crippen LogP contribution < -0.4 is 10.2 Å². The van der Waals surface area contributed by atoms with Crippen molar-refractivity contribution in [2.45, 2.75) is 89.6 Å². The van der Waals surface area contributed by atoms with Gasteiger partial charge in [0.05, 0.1) is 12.6 Å². The third kappa shape index (κ3) is 7.16. The SMILES string of the molecule is C[C@@H]1Cc2c([nH]c3ccccc23)[C@@H](c2c(F)cc(N3CCC(CN4CCC(C(=O)N5Cc6cc7c(cc6C5)C(=O)N(C5CCC(=O)NC5=O)C7)CC4)C3)cc2F)N1CC(F)F. The van der Waals surface area contributed by atoms with Gasteiger partial charge in [0, 0.05) is 91.1 Å². The number of carbonyl (C=O) groups excluding carboxylic acids is 4. The van der Waals surface area contributed by atoms with Crippen molar-refractivity contribution in [3.05, 3.63) is 99.2 Å². The summed E-state index contributed by atoms with van der Waals surface area (Å²) < 4.78 is 60.4. The van der Waals surface area contributed by atoms with Crippen LogP contribution in [0.2, 0.25) is 0 Å². The molecule has 4 amide bonds. The van der Waals surface area contributed by atoms with Gasteiger partial charge in [-0.3, -0.25) is 29.4 Å². The normalized spacial score (nSPS) is 24.9. The van der Waals surface area contributed by atoms with E-state index in [2.05, 4.69) is 15.2 Å². The van der Waals surface area contributed by atoms with Crippen LogP contribution >= 0.6 is 0 Å². The Morgan fingerprint density at radius 2 is 1.62 bits per heavy atom. The number of fused-ring (bicyclic) bond motifs is 5. The molecule has 10 rings (SSSR count). The molecule has 11 nitrogen and oxygen atoms in total. The van der Waals surface area contributed by atoms with Crippen LogP contribution in [0.25, 0.3) is 10.9 Å². The van der Waals surface area contributed by atoms with Crippen molar-refractivity contribution >= 4 is 40.2 Å². The van der Waals surface area contributed by atoms with E-state index in [0.717, 1.165) is 72.1 Å². The van der Waals surface area contributed by atoms with Crippen LogP contribution in [0.15, 0.2) is 48.5 Å². The lowest BCUT2D eigenvalue weighted by atomic mass is 9.88. The summed E-state index contributed by atoms with van der Waals surface area (Å²) in [6.07, 6.45) is 0.652. The number of alkyl halides is 2. The van der Waals surface area contributed by atoms with E-state index >= 15 is 8.78 Å². The fourth-order valence-electron chi connectivity index (χ4n) is 11.1. The number of aromatic nitrogens is 1. The van der Waals surface area contributed by atoms with Crippen LogP contribution in [-0.4, -0.2) is 106 Å². The molecular weight excluding hydrogens is 791 g/mol. The minimum absolute atomic E-state index is 0.101. The first-order valence-corrected chi connectivity index (χ1v) is 21.6. The first-order chi connectivity index (χ1) is 29.4. The fraction of sp³-hybridized carbons (Fsp3) is 0.478. The Bertz CT molecular complexity index is 2430. The number of rotatable bonds is 8. The van der Waals surface area contributed by atoms with Gasteiger partial charge in [-0.2, -0.15) is 0 Å². The number of hydrogen-bond acceptors (Lipinski definition) is 7. The standard InChI is InChI=1S/C46H49F4N7O4/c1-25-14-34-32-4-2-3-5-37(32)51-42(34)43(56(25)24-39(49)50)41-35(47)17-31(18-36(41)48)54-13-8-26(20-54)19-53-11-9-27(10-12-53)45(60)55-21-28-15-30-23-57(38-6-7-40(58)52-44(38)59)46(61)33(30)16-29(28)22-55/h2-5,15-18,25-27,38-39,43,51H,6-14,19-24H2,1H3,(H,52,58,59)/t25-,26?,38?,43-/m1/s1. The van der Waals surface area contributed by atoms with Gasteiger partial charge >= 0.3 is 0 Å². The quantitative estimate of drug-likeness (QED) is 0.168. The van der Waals surface area contributed by atoms with E-state index in [1.807, 2.05) is 53.1 Å². The Balaban J connectivity index is 0.748. The van der Waals surface area contributed by atoms with Crippen molar-refractivity contribution in [1.82, 2.24) is 29.9 Å². The van der Waals surface area contributed by atoms with Gasteiger partial charge in [0.1, 0.15) is 17.7 Å². The number of para-hydroxylation sites is 1. The molecule has 3 aromatic carbocycles. The predicted octanol–water partition coefficient (Wildman–Crippen LogP) is 5.89. The second kappa shape index (κ2) is 15.6. The minimum atomic E-state index is -2.67. The van der Waals surface area contributed by atoms with Crippen LogP contribution in [0.1, 0.15) is 88.9 Å². The monoisotopic (exact) mass is 839 g/mol. The third-order valence-corrected chi connectivity index (χ3v) is 14.2. The maximum Gasteiger partial charge on any atom is 0.255 e. The van der Waals surface area contributed by atoms with Crippen molar-refractivity contribution in [2.75, 3.05) is 44.2 Å². The van der Waals surface area contributed by atoms with E-state index in [1.165, 1.54) is 17.0 Å². The summed E-state index contributed by atoms with van der Waals surface area (Å²) in [5.41, 5.74) is 5.86. The van der Waals surface area contributed by atoms with Gasteiger partial charge < -0.3 is 24.6 Å². The van der Waals surface area contributed by atoms with Gasteiger partial charge in [-0.15, -0.1) is 0 Å². The topological polar surface area (TPSA) is 112 Å².